The van der Waals surface area contributed by atoms with Crippen molar-refractivity contribution in [3.05, 3.63) is 0 Å². The zero-order valence-corrected chi connectivity index (χ0v) is 15.5. The fraction of sp³-hybridized carbons (Fsp3) is 0.900. The second kappa shape index (κ2) is 8.26. The van der Waals surface area contributed by atoms with E-state index in [1.165, 1.54) is 0 Å². The molecule has 1 N–H and O–H groups in total. The Morgan fingerprint density at radius 3 is 2.23 bits per heavy atom. The van der Waals surface area contributed by atoms with Gasteiger partial charge in [-0.05, 0) is 63.2 Å². The van der Waals surface area contributed by atoms with Crippen LogP contribution in [0.3, 0.4) is 0 Å². The summed E-state index contributed by atoms with van der Waals surface area (Å²) < 4.78 is 16.4. The fourth-order valence-corrected chi connectivity index (χ4v) is 4.49. The predicted molar refractivity (Wildman–Crippen MR) is 94.4 cm³/mol. The van der Waals surface area contributed by atoms with Gasteiger partial charge in [-0.25, -0.2) is 0 Å². The average Bonchev–Trinajstić information content (AvgIpc) is 3.55. The number of epoxide rings is 2. The Morgan fingerprint density at radius 1 is 0.846 bits per heavy atom. The van der Waals surface area contributed by atoms with Gasteiger partial charge >= 0.3 is 5.97 Å². The molecule has 4 aliphatic rings. The van der Waals surface area contributed by atoms with E-state index in [-0.39, 0.29) is 11.9 Å². The van der Waals surface area contributed by atoms with Crippen molar-refractivity contribution in [3.63, 3.8) is 0 Å². The zero-order chi connectivity index (χ0) is 17.9. The summed E-state index contributed by atoms with van der Waals surface area (Å²) in [6.45, 7) is 1.29. The molecule has 0 aromatic carbocycles. The Labute approximate surface area is 155 Å². The summed E-state index contributed by atoms with van der Waals surface area (Å²) >= 11 is 0. The third kappa shape index (κ3) is 5.19. The van der Waals surface area contributed by atoms with Crippen LogP contribution in [0.4, 0.5) is 0 Å². The van der Waals surface area contributed by atoms with Crippen LogP contribution in [0.25, 0.3) is 0 Å². The Hall–Kier alpha value is -1.14. The Bertz CT molecular complexity index is 478. The molecule has 6 nitrogen and oxygen atoms in total. The van der Waals surface area contributed by atoms with Crippen LogP contribution in [0.15, 0.2) is 0 Å². The van der Waals surface area contributed by atoms with Gasteiger partial charge in [0.05, 0.1) is 31.0 Å². The minimum absolute atomic E-state index is 0.0957. The number of esters is 1. The third-order valence-electron chi connectivity index (χ3n) is 6.33. The van der Waals surface area contributed by atoms with Gasteiger partial charge in [-0.2, -0.15) is 0 Å². The smallest absolute Gasteiger partial charge is 0.305 e. The van der Waals surface area contributed by atoms with Crippen molar-refractivity contribution in [1.29, 1.82) is 0 Å². The summed E-state index contributed by atoms with van der Waals surface area (Å²) in [7, 11) is 0. The molecular formula is C20H31NO5. The molecule has 2 saturated heterocycles. The molecule has 6 heteroatoms. The molecule has 146 valence electrons. The first-order chi connectivity index (χ1) is 12.7. The van der Waals surface area contributed by atoms with E-state index >= 15 is 0 Å². The summed E-state index contributed by atoms with van der Waals surface area (Å²) in [6.07, 6.45) is 10.9. The highest BCUT2D eigenvalue weighted by Gasteiger charge is 2.44. The first-order valence-electron chi connectivity index (χ1n) is 10.4. The van der Waals surface area contributed by atoms with Gasteiger partial charge < -0.3 is 19.5 Å². The van der Waals surface area contributed by atoms with E-state index < -0.39 is 0 Å². The van der Waals surface area contributed by atoms with Crippen LogP contribution in [-0.2, 0) is 23.8 Å². The first-order valence-corrected chi connectivity index (χ1v) is 10.4. The lowest BCUT2D eigenvalue weighted by atomic mass is 9.89. The van der Waals surface area contributed by atoms with Crippen molar-refractivity contribution < 1.29 is 23.8 Å². The molecule has 6 unspecified atom stereocenters. The van der Waals surface area contributed by atoms with Crippen molar-refractivity contribution in [2.45, 2.75) is 88.6 Å². The Balaban J connectivity index is 0.992. The number of amides is 1. The topological polar surface area (TPSA) is 80.5 Å². The fourth-order valence-electron chi connectivity index (χ4n) is 4.49. The number of hydrogen-bond donors (Lipinski definition) is 1. The normalized spacial score (nSPS) is 37.2. The lowest BCUT2D eigenvalue weighted by molar-refractivity contribution is -0.145. The van der Waals surface area contributed by atoms with Gasteiger partial charge in [0.15, 0.2) is 0 Å². The SMILES string of the molecule is O=C(CCCCC(=O)OCC1CCC2OC2C1)NCC1CCC2OC2C1. The molecule has 4 fully saturated rings. The number of rotatable bonds is 9. The van der Waals surface area contributed by atoms with Crippen LogP contribution in [0.5, 0.6) is 0 Å². The number of hydrogen-bond acceptors (Lipinski definition) is 5. The third-order valence-corrected chi connectivity index (χ3v) is 6.33. The molecule has 4 rings (SSSR count). The molecule has 2 heterocycles. The van der Waals surface area contributed by atoms with E-state index in [2.05, 4.69) is 5.32 Å². The molecule has 0 aromatic heterocycles. The molecular weight excluding hydrogens is 334 g/mol. The molecule has 6 atom stereocenters. The number of fused-ring (bicyclic) bond motifs is 2. The zero-order valence-electron chi connectivity index (χ0n) is 15.5. The largest absolute Gasteiger partial charge is 0.465 e. The highest BCUT2D eigenvalue weighted by molar-refractivity contribution is 5.76. The average molecular weight is 365 g/mol. The molecule has 0 aromatic rings. The maximum absolute atomic E-state index is 11.9. The summed E-state index contributed by atoms with van der Waals surface area (Å²) in [5, 5.41) is 3.03. The molecule has 26 heavy (non-hydrogen) atoms. The number of carbonyl (C=O) groups excluding carboxylic acids is 2. The van der Waals surface area contributed by atoms with Gasteiger partial charge in [0.1, 0.15) is 0 Å². The molecule has 0 bridgehead atoms. The standard InChI is InChI=1S/C20H31NO5/c22-19(21-11-13-5-7-15-17(9-13)25-15)3-1-2-4-20(23)24-12-14-6-8-16-18(10-14)26-16/h13-18H,1-12H2,(H,21,22). The van der Waals surface area contributed by atoms with Crippen LogP contribution < -0.4 is 5.32 Å². The molecule has 0 radical (unpaired) electrons. The maximum Gasteiger partial charge on any atom is 0.305 e. The van der Waals surface area contributed by atoms with E-state index in [0.717, 1.165) is 51.5 Å². The van der Waals surface area contributed by atoms with E-state index in [9.17, 15) is 9.59 Å². The lowest BCUT2D eigenvalue weighted by Crippen LogP contribution is -2.31. The van der Waals surface area contributed by atoms with Crippen molar-refractivity contribution in [3.8, 4) is 0 Å². The van der Waals surface area contributed by atoms with Crippen LogP contribution in [0.1, 0.15) is 64.2 Å². The monoisotopic (exact) mass is 365 g/mol. The Kier molecular flexibility index (Phi) is 5.79. The van der Waals surface area contributed by atoms with E-state index in [1.807, 2.05) is 0 Å². The number of unbranched alkanes of at least 4 members (excludes halogenated alkanes) is 1. The lowest BCUT2D eigenvalue weighted by Gasteiger charge is -2.19. The van der Waals surface area contributed by atoms with Crippen LogP contribution in [0.2, 0.25) is 0 Å². The van der Waals surface area contributed by atoms with Gasteiger partial charge in [0.2, 0.25) is 5.91 Å². The molecule has 2 saturated carbocycles. The van der Waals surface area contributed by atoms with Crippen molar-refractivity contribution >= 4 is 11.9 Å². The Morgan fingerprint density at radius 2 is 1.50 bits per heavy atom. The van der Waals surface area contributed by atoms with E-state index in [4.69, 9.17) is 14.2 Å². The minimum atomic E-state index is -0.134. The maximum atomic E-state index is 11.9. The minimum Gasteiger partial charge on any atom is -0.465 e. The van der Waals surface area contributed by atoms with Gasteiger partial charge in [-0.3, -0.25) is 9.59 Å². The number of nitrogens with one attached hydrogen (secondary N) is 1. The van der Waals surface area contributed by atoms with E-state index in [1.54, 1.807) is 0 Å². The second-order valence-corrected chi connectivity index (χ2v) is 8.48. The summed E-state index contributed by atoms with van der Waals surface area (Å²) in [5.41, 5.74) is 0. The summed E-state index contributed by atoms with van der Waals surface area (Å²) in [5.74, 6) is 0.988. The number of ether oxygens (including phenoxy) is 3. The summed E-state index contributed by atoms with van der Waals surface area (Å²) in [6, 6.07) is 0. The van der Waals surface area contributed by atoms with Crippen molar-refractivity contribution in [2.24, 2.45) is 11.8 Å². The second-order valence-electron chi connectivity index (χ2n) is 8.48. The van der Waals surface area contributed by atoms with Crippen LogP contribution in [-0.4, -0.2) is 49.4 Å². The summed E-state index contributed by atoms with van der Waals surface area (Å²) in [4.78, 5) is 23.7. The van der Waals surface area contributed by atoms with Crippen molar-refractivity contribution in [1.82, 2.24) is 5.32 Å². The molecule has 1 amide bonds. The van der Waals surface area contributed by atoms with E-state index in [0.29, 0.717) is 62.1 Å². The highest BCUT2D eigenvalue weighted by atomic mass is 16.6. The van der Waals surface area contributed by atoms with Crippen LogP contribution >= 0.6 is 0 Å². The van der Waals surface area contributed by atoms with Gasteiger partial charge in [0, 0.05) is 19.4 Å². The highest BCUT2D eigenvalue weighted by Crippen LogP contribution is 2.40. The predicted octanol–water partition coefficient (Wildman–Crippen LogP) is 2.34. The van der Waals surface area contributed by atoms with Gasteiger partial charge in [0.25, 0.3) is 0 Å². The van der Waals surface area contributed by atoms with Crippen molar-refractivity contribution in [2.75, 3.05) is 13.2 Å². The molecule has 2 aliphatic carbocycles. The van der Waals surface area contributed by atoms with Gasteiger partial charge in [-0.15, -0.1) is 0 Å². The molecule has 2 aliphatic heterocycles. The quantitative estimate of drug-likeness (QED) is 0.385. The first kappa shape index (κ1) is 18.2. The molecule has 0 spiro atoms. The van der Waals surface area contributed by atoms with Crippen LogP contribution in [0, 0.1) is 11.8 Å². The van der Waals surface area contributed by atoms with Gasteiger partial charge in [-0.1, -0.05) is 0 Å². The number of carbonyl (C=O) groups is 2.